The number of guanidine groups is 1. The van der Waals surface area contributed by atoms with Crippen LogP contribution in [0, 0.1) is 0 Å². The monoisotopic (exact) mass is 386 g/mol. The van der Waals surface area contributed by atoms with Gasteiger partial charge in [0.25, 0.3) is 0 Å². The van der Waals surface area contributed by atoms with Crippen molar-refractivity contribution in [3.05, 3.63) is 29.8 Å². The molecule has 0 unspecified atom stereocenters. The van der Waals surface area contributed by atoms with E-state index in [2.05, 4.69) is 20.4 Å². The first kappa shape index (κ1) is 20.9. The van der Waals surface area contributed by atoms with E-state index >= 15 is 0 Å². The van der Waals surface area contributed by atoms with Gasteiger partial charge < -0.3 is 20.3 Å². The summed E-state index contributed by atoms with van der Waals surface area (Å²) in [6.45, 7) is 4.81. The molecular formula is C18H25F3N4O2. The van der Waals surface area contributed by atoms with Crippen molar-refractivity contribution in [2.45, 2.75) is 32.5 Å². The Morgan fingerprint density at radius 2 is 1.85 bits per heavy atom. The predicted molar refractivity (Wildman–Crippen MR) is 96.6 cm³/mol. The van der Waals surface area contributed by atoms with Crippen molar-refractivity contribution >= 4 is 11.9 Å². The Morgan fingerprint density at radius 3 is 2.44 bits per heavy atom. The molecule has 0 aliphatic carbocycles. The molecule has 0 radical (unpaired) electrons. The Hall–Kier alpha value is -2.45. The van der Waals surface area contributed by atoms with Crippen molar-refractivity contribution < 1.29 is 22.7 Å². The van der Waals surface area contributed by atoms with E-state index in [0.29, 0.717) is 25.5 Å². The van der Waals surface area contributed by atoms with Gasteiger partial charge in [-0.3, -0.25) is 4.79 Å². The quantitative estimate of drug-likeness (QED) is 0.558. The number of carbonyl (C=O) groups excluding carboxylic acids is 1. The summed E-state index contributed by atoms with van der Waals surface area (Å²) in [6, 6.07) is 5.75. The molecule has 1 amide bonds. The van der Waals surface area contributed by atoms with E-state index in [1.165, 1.54) is 12.1 Å². The zero-order chi connectivity index (χ0) is 19.7. The number of hydrogen-bond acceptors (Lipinski definition) is 3. The maximum Gasteiger partial charge on any atom is 0.573 e. The number of benzene rings is 1. The minimum atomic E-state index is -4.69. The predicted octanol–water partition coefficient (Wildman–Crippen LogP) is 2.31. The second kappa shape index (κ2) is 10.0. The molecule has 9 heteroatoms. The number of aliphatic imine (C=N–C) groups is 1. The number of nitrogens with zero attached hydrogens (tertiary/aromatic N) is 2. The van der Waals surface area contributed by atoms with Crippen LogP contribution >= 0.6 is 0 Å². The fourth-order valence-corrected chi connectivity index (χ4v) is 2.74. The summed E-state index contributed by atoms with van der Waals surface area (Å²) >= 11 is 0. The number of amides is 1. The number of carbonyl (C=O) groups is 1. The van der Waals surface area contributed by atoms with Crippen LogP contribution in [0.1, 0.15) is 25.3 Å². The van der Waals surface area contributed by atoms with Crippen molar-refractivity contribution in [2.24, 2.45) is 4.99 Å². The standard InChI is InChI=1S/C18H25F3N4O2/c1-2-22-17(24-13-16(26)25-11-3-4-12-25)23-10-9-14-5-7-15(8-6-14)27-18(19,20)21/h5-8H,2-4,9-13H2,1H3,(H2,22,23,24). The summed E-state index contributed by atoms with van der Waals surface area (Å²) in [5.41, 5.74) is 0.862. The van der Waals surface area contributed by atoms with Crippen molar-refractivity contribution in [1.29, 1.82) is 0 Å². The summed E-state index contributed by atoms with van der Waals surface area (Å²) in [5, 5.41) is 6.20. The van der Waals surface area contributed by atoms with E-state index in [1.807, 2.05) is 11.8 Å². The van der Waals surface area contributed by atoms with E-state index < -0.39 is 6.36 Å². The van der Waals surface area contributed by atoms with Gasteiger partial charge in [-0.2, -0.15) is 0 Å². The topological polar surface area (TPSA) is 66.0 Å². The molecule has 150 valence electrons. The highest BCUT2D eigenvalue weighted by atomic mass is 19.4. The van der Waals surface area contributed by atoms with E-state index in [1.54, 1.807) is 12.1 Å². The molecule has 0 saturated carbocycles. The van der Waals surface area contributed by atoms with Crippen LogP contribution in [0.3, 0.4) is 0 Å². The van der Waals surface area contributed by atoms with Crippen LogP contribution in [-0.4, -0.2) is 55.9 Å². The summed E-state index contributed by atoms with van der Waals surface area (Å²) in [5.74, 6) is 0.321. The normalized spacial score (nSPS) is 15.0. The highest BCUT2D eigenvalue weighted by Gasteiger charge is 2.30. The van der Waals surface area contributed by atoms with Gasteiger partial charge in [0.15, 0.2) is 5.96 Å². The Balaban J connectivity index is 1.79. The van der Waals surface area contributed by atoms with Crippen molar-refractivity contribution in [3.63, 3.8) is 0 Å². The Labute approximate surface area is 156 Å². The summed E-state index contributed by atoms with van der Waals surface area (Å²) < 4.78 is 40.3. The molecule has 1 aromatic carbocycles. The fourth-order valence-electron chi connectivity index (χ4n) is 2.74. The molecule has 1 fully saturated rings. The van der Waals surface area contributed by atoms with Gasteiger partial charge >= 0.3 is 6.36 Å². The molecular weight excluding hydrogens is 361 g/mol. The molecule has 1 aliphatic rings. The Kier molecular flexibility index (Phi) is 7.75. The third-order valence-corrected chi connectivity index (χ3v) is 4.04. The first-order chi connectivity index (χ1) is 12.9. The molecule has 1 aromatic rings. The highest BCUT2D eigenvalue weighted by molar-refractivity contribution is 5.85. The fraction of sp³-hybridized carbons (Fsp3) is 0.556. The van der Waals surface area contributed by atoms with Gasteiger partial charge in [0.2, 0.25) is 5.91 Å². The number of likely N-dealkylation sites (tertiary alicyclic amines) is 1. The zero-order valence-electron chi connectivity index (χ0n) is 15.3. The Morgan fingerprint density at radius 1 is 1.19 bits per heavy atom. The number of hydrogen-bond donors (Lipinski definition) is 2. The number of halogens is 3. The molecule has 0 spiro atoms. The molecule has 0 atom stereocenters. The van der Waals surface area contributed by atoms with Gasteiger partial charge in [0, 0.05) is 26.2 Å². The molecule has 0 aromatic heterocycles. The van der Waals surface area contributed by atoms with Crippen molar-refractivity contribution in [3.8, 4) is 5.75 Å². The largest absolute Gasteiger partial charge is 0.573 e. The minimum absolute atomic E-state index is 0.0185. The van der Waals surface area contributed by atoms with Gasteiger partial charge in [-0.25, -0.2) is 4.99 Å². The van der Waals surface area contributed by atoms with E-state index in [-0.39, 0.29) is 18.2 Å². The molecule has 1 saturated heterocycles. The SMILES string of the molecule is CCNC(=NCC(=O)N1CCCC1)NCCc1ccc(OC(F)(F)F)cc1. The van der Waals surface area contributed by atoms with Crippen LogP contribution in [-0.2, 0) is 11.2 Å². The second-order valence-electron chi connectivity index (χ2n) is 6.15. The van der Waals surface area contributed by atoms with Gasteiger partial charge in [-0.05, 0) is 43.9 Å². The number of nitrogens with one attached hydrogen (secondary N) is 2. The molecule has 0 bridgehead atoms. The molecule has 1 aliphatic heterocycles. The van der Waals surface area contributed by atoms with E-state index in [4.69, 9.17) is 0 Å². The van der Waals surface area contributed by atoms with Crippen LogP contribution < -0.4 is 15.4 Å². The zero-order valence-corrected chi connectivity index (χ0v) is 15.3. The molecule has 1 heterocycles. The number of ether oxygens (including phenoxy) is 1. The first-order valence-corrected chi connectivity index (χ1v) is 9.02. The maximum atomic E-state index is 12.2. The summed E-state index contributed by atoms with van der Waals surface area (Å²) in [7, 11) is 0. The maximum absolute atomic E-state index is 12.2. The van der Waals surface area contributed by atoms with Crippen LogP contribution in [0.15, 0.2) is 29.3 Å². The minimum Gasteiger partial charge on any atom is -0.406 e. The van der Waals surface area contributed by atoms with Crippen molar-refractivity contribution in [1.82, 2.24) is 15.5 Å². The van der Waals surface area contributed by atoms with Gasteiger partial charge in [0.1, 0.15) is 12.3 Å². The average molecular weight is 386 g/mol. The smallest absolute Gasteiger partial charge is 0.406 e. The highest BCUT2D eigenvalue weighted by Crippen LogP contribution is 2.22. The molecule has 2 N–H and O–H groups in total. The van der Waals surface area contributed by atoms with Gasteiger partial charge in [-0.1, -0.05) is 12.1 Å². The van der Waals surface area contributed by atoms with Crippen LogP contribution in [0.5, 0.6) is 5.75 Å². The van der Waals surface area contributed by atoms with E-state index in [9.17, 15) is 18.0 Å². The Bertz CT molecular complexity index is 626. The third kappa shape index (κ3) is 7.76. The first-order valence-electron chi connectivity index (χ1n) is 9.02. The summed E-state index contributed by atoms with van der Waals surface area (Å²) in [4.78, 5) is 18.2. The van der Waals surface area contributed by atoms with Crippen LogP contribution in [0.4, 0.5) is 13.2 Å². The van der Waals surface area contributed by atoms with E-state index in [0.717, 1.165) is 31.5 Å². The average Bonchev–Trinajstić information content (AvgIpc) is 3.14. The number of rotatable bonds is 7. The lowest BCUT2D eigenvalue weighted by Crippen LogP contribution is -2.39. The molecule has 2 rings (SSSR count). The molecule has 6 nitrogen and oxygen atoms in total. The molecule has 27 heavy (non-hydrogen) atoms. The lowest BCUT2D eigenvalue weighted by Gasteiger charge is -2.15. The third-order valence-electron chi connectivity index (χ3n) is 4.04. The van der Waals surface area contributed by atoms with Gasteiger partial charge in [-0.15, -0.1) is 13.2 Å². The summed E-state index contributed by atoms with van der Waals surface area (Å²) in [6.07, 6.45) is -2.01. The lowest BCUT2D eigenvalue weighted by atomic mass is 10.1. The number of alkyl halides is 3. The van der Waals surface area contributed by atoms with Gasteiger partial charge in [0.05, 0.1) is 0 Å². The van der Waals surface area contributed by atoms with Crippen LogP contribution in [0.25, 0.3) is 0 Å². The van der Waals surface area contributed by atoms with Crippen LogP contribution in [0.2, 0.25) is 0 Å². The second-order valence-corrected chi connectivity index (χ2v) is 6.15. The van der Waals surface area contributed by atoms with Crippen molar-refractivity contribution in [2.75, 3.05) is 32.7 Å². The lowest BCUT2D eigenvalue weighted by molar-refractivity contribution is -0.274.